The van der Waals surface area contributed by atoms with Crippen LogP contribution in [0, 0.1) is 20.8 Å². The molecule has 0 fully saturated rings. The monoisotopic (exact) mass is 248 g/mol. The summed E-state index contributed by atoms with van der Waals surface area (Å²) in [5, 5.41) is 3.74. The van der Waals surface area contributed by atoms with Gasteiger partial charge in [0.2, 0.25) is 5.91 Å². The van der Waals surface area contributed by atoms with E-state index in [-0.39, 0.29) is 18.3 Å². The van der Waals surface area contributed by atoms with Gasteiger partial charge in [0.15, 0.2) is 0 Å². The number of hydrogen-bond acceptors (Lipinski definition) is 3. The van der Waals surface area contributed by atoms with Crippen molar-refractivity contribution in [3.8, 4) is 0 Å². The summed E-state index contributed by atoms with van der Waals surface area (Å²) in [6, 6.07) is -0.461. The maximum Gasteiger partial charge on any atom is 0.241 e. The van der Waals surface area contributed by atoms with Gasteiger partial charge in [0, 0.05) is 4.88 Å². The number of carbonyl (C=O) groups excluding carboxylic acids is 1. The second kappa shape index (κ2) is 5.49. The average Bonchev–Trinajstić information content (AvgIpc) is 2.33. The molecule has 5 heteroatoms. The van der Waals surface area contributed by atoms with Crippen LogP contribution in [-0.2, 0) is 4.79 Å². The van der Waals surface area contributed by atoms with Crippen molar-refractivity contribution < 1.29 is 4.79 Å². The fraction of sp³-hybridized carbons (Fsp3) is 0.500. The van der Waals surface area contributed by atoms with E-state index in [9.17, 15) is 4.79 Å². The van der Waals surface area contributed by atoms with Crippen LogP contribution in [0.4, 0.5) is 5.00 Å². The van der Waals surface area contributed by atoms with E-state index in [1.165, 1.54) is 10.4 Å². The number of nitrogens with two attached hydrogens (primary N) is 1. The van der Waals surface area contributed by atoms with Crippen LogP contribution in [0.25, 0.3) is 0 Å². The second-order valence-corrected chi connectivity index (χ2v) is 4.74. The van der Waals surface area contributed by atoms with Crippen molar-refractivity contribution in [3.63, 3.8) is 0 Å². The molecule has 0 aliphatic carbocycles. The molecule has 1 amide bonds. The van der Waals surface area contributed by atoms with Crippen LogP contribution < -0.4 is 11.1 Å². The second-order valence-electron chi connectivity index (χ2n) is 3.52. The van der Waals surface area contributed by atoms with Crippen molar-refractivity contribution in [1.82, 2.24) is 0 Å². The molecule has 3 nitrogen and oxygen atoms in total. The van der Waals surface area contributed by atoms with Crippen molar-refractivity contribution >= 4 is 34.7 Å². The molecule has 86 valence electrons. The molecule has 0 spiro atoms. The maximum atomic E-state index is 11.4. The summed E-state index contributed by atoms with van der Waals surface area (Å²) < 4.78 is 0. The zero-order valence-corrected chi connectivity index (χ0v) is 11.0. The van der Waals surface area contributed by atoms with E-state index in [0.717, 1.165) is 10.6 Å². The van der Waals surface area contributed by atoms with Crippen LogP contribution in [0.5, 0.6) is 0 Å². The molecule has 0 aliphatic heterocycles. The third kappa shape index (κ3) is 3.19. The predicted molar refractivity (Wildman–Crippen MR) is 68.1 cm³/mol. The fourth-order valence-corrected chi connectivity index (χ4v) is 2.16. The summed E-state index contributed by atoms with van der Waals surface area (Å²) in [6.45, 7) is 7.80. The molecule has 1 rings (SSSR count). The lowest BCUT2D eigenvalue weighted by Crippen LogP contribution is -2.32. The molecule has 0 radical (unpaired) electrons. The number of halogens is 1. The van der Waals surface area contributed by atoms with Crippen LogP contribution in [0.2, 0.25) is 0 Å². The maximum absolute atomic E-state index is 11.4. The van der Waals surface area contributed by atoms with Gasteiger partial charge >= 0.3 is 0 Å². The molecule has 3 N–H and O–H groups in total. The molecule has 0 bridgehead atoms. The van der Waals surface area contributed by atoms with Gasteiger partial charge in [-0.25, -0.2) is 0 Å². The number of amides is 1. The van der Waals surface area contributed by atoms with Gasteiger partial charge in [-0.2, -0.15) is 0 Å². The number of hydrogen-bond donors (Lipinski definition) is 2. The Labute approximate surface area is 100 Å². The van der Waals surface area contributed by atoms with Gasteiger partial charge in [0.25, 0.3) is 0 Å². The molecule has 0 aliphatic rings. The van der Waals surface area contributed by atoms with Crippen molar-refractivity contribution in [2.75, 3.05) is 5.32 Å². The van der Waals surface area contributed by atoms with Gasteiger partial charge < -0.3 is 11.1 Å². The van der Waals surface area contributed by atoms with E-state index < -0.39 is 6.04 Å². The van der Waals surface area contributed by atoms with Gasteiger partial charge in [-0.1, -0.05) is 0 Å². The summed E-state index contributed by atoms with van der Waals surface area (Å²) >= 11 is 1.60. The summed E-state index contributed by atoms with van der Waals surface area (Å²) in [6.07, 6.45) is 0. The summed E-state index contributed by atoms with van der Waals surface area (Å²) in [4.78, 5) is 12.6. The van der Waals surface area contributed by atoms with Gasteiger partial charge in [0.05, 0.1) is 11.0 Å². The average molecular weight is 249 g/mol. The van der Waals surface area contributed by atoms with E-state index in [0.29, 0.717) is 0 Å². The first kappa shape index (κ1) is 14.4. The summed E-state index contributed by atoms with van der Waals surface area (Å²) in [5.41, 5.74) is 7.86. The molecule has 1 atom stereocenters. The Bertz CT molecular complexity index is 361. The molecule has 0 saturated carbocycles. The third-order valence-corrected chi connectivity index (χ3v) is 3.56. The van der Waals surface area contributed by atoms with Crippen molar-refractivity contribution in [3.05, 3.63) is 16.0 Å². The SMILES string of the molecule is Cc1sc(NC(=O)[C@H](C)N)c(C)c1C.Cl. The first-order chi connectivity index (χ1) is 6.43. The van der Waals surface area contributed by atoms with E-state index in [1.807, 2.05) is 6.92 Å². The largest absolute Gasteiger partial charge is 0.320 e. The minimum atomic E-state index is -0.461. The third-order valence-electron chi connectivity index (χ3n) is 2.34. The smallest absolute Gasteiger partial charge is 0.241 e. The highest BCUT2D eigenvalue weighted by molar-refractivity contribution is 7.16. The van der Waals surface area contributed by atoms with E-state index >= 15 is 0 Å². The van der Waals surface area contributed by atoms with E-state index in [2.05, 4.69) is 19.2 Å². The fourth-order valence-electron chi connectivity index (χ4n) is 1.09. The predicted octanol–water partition coefficient (Wildman–Crippen LogP) is 2.38. The highest BCUT2D eigenvalue weighted by atomic mass is 35.5. The molecule has 0 saturated heterocycles. The van der Waals surface area contributed by atoms with Crippen LogP contribution in [-0.4, -0.2) is 11.9 Å². The van der Waals surface area contributed by atoms with Crippen molar-refractivity contribution in [1.29, 1.82) is 0 Å². The number of thiophene rings is 1. The first-order valence-corrected chi connectivity index (χ1v) is 5.38. The quantitative estimate of drug-likeness (QED) is 0.844. The van der Waals surface area contributed by atoms with Crippen molar-refractivity contribution in [2.24, 2.45) is 5.73 Å². The lowest BCUT2D eigenvalue weighted by atomic mass is 10.2. The van der Waals surface area contributed by atoms with Gasteiger partial charge in [-0.15, -0.1) is 23.7 Å². The number of anilines is 1. The van der Waals surface area contributed by atoms with Crippen molar-refractivity contribution in [2.45, 2.75) is 33.7 Å². The molecule has 15 heavy (non-hydrogen) atoms. The zero-order valence-electron chi connectivity index (χ0n) is 9.38. The lowest BCUT2D eigenvalue weighted by molar-refractivity contribution is -0.117. The molecule has 1 heterocycles. The van der Waals surface area contributed by atoms with Crippen LogP contribution >= 0.6 is 23.7 Å². The minimum Gasteiger partial charge on any atom is -0.320 e. The number of carbonyl (C=O) groups is 1. The van der Waals surface area contributed by atoms with Crippen LogP contribution in [0.1, 0.15) is 22.9 Å². The Kier molecular flexibility index (Phi) is 5.28. The Morgan fingerprint density at radius 1 is 1.33 bits per heavy atom. The number of rotatable bonds is 2. The van der Waals surface area contributed by atoms with Gasteiger partial charge in [-0.3, -0.25) is 4.79 Å². The molecular formula is C10H17ClN2OS. The Morgan fingerprint density at radius 2 is 1.87 bits per heavy atom. The summed E-state index contributed by atoms with van der Waals surface area (Å²) in [5.74, 6) is -0.130. The Hall–Kier alpha value is -0.580. The van der Waals surface area contributed by atoms with E-state index in [1.54, 1.807) is 18.3 Å². The Morgan fingerprint density at radius 3 is 2.20 bits per heavy atom. The van der Waals surface area contributed by atoms with Crippen LogP contribution in [0.3, 0.4) is 0 Å². The number of nitrogens with one attached hydrogen (secondary N) is 1. The van der Waals surface area contributed by atoms with Gasteiger partial charge in [0.1, 0.15) is 0 Å². The molecule has 1 aromatic rings. The lowest BCUT2D eigenvalue weighted by Gasteiger charge is -2.06. The molecule has 1 aromatic heterocycles. The normalized spacial score (nSPS) is 11.8. The van der Waals surface area contributed by atoms with E-state index in [4.69, 9.17) is 5.73 Å². The molecule has 0 aromatic carbocycles. The standard InChI is InChI=1S/C10H16N2OS.ClH/c1-5-6(2)10(14-8(5)4)12-9(13)7(3)11;/h7H,11H2,1-4H3,(H,12,13);1H/t7-;/m0./s1. The Balaban J connectivity index is 0.00000196. The highest BCUT2D eigenvalue weighted by Crippen LogP contribution is 2.31. The molecular weight excluding hydrogens is 232 g/mol. The van der Waals surface area contributed by atoms with Crippen LogP contribution in [0.15, 0.2) is 0 Å². The first-order valence-electron chi connectivity index (χ1n) is 4.56. The van der Waals surface area contributed by atoms with Gasteiger partial charge in [-0.05, 0) is 38.8 Å². The summed E-state index contributed by atoms with van der Waals surface area (Å²) in [7, 11) is 0. The zero-order chi connectivity index (χ0) is 10.9. The minimum absolute atomic E-state index is 0. The number of aryl methyl sites for hydroxylation is 1. The molecule has 0 unspecified atom stereocenters. The highest BCUT2D eigenvalue weighted by Gasteiger charge is 2.13. The topological polar surface area (TPSA) is 55.1 Å².